The molecule has 2 aliphatic heterocycles. The number of piperidine rings is 2. The van der Waals surface area contributed by atoms with Gasteiger partial charge in [0, 0.05) is 32.9 Å². The fourth-order valence-electron chi connectivity index (χ4n) is 6.84. The van der Waals surface area contributed by atoms with Gasteiger partial charge in [0.15, 0.2) is 0 Å². The molecule has 4 aromatic rings. The number of rotatable bonds is 4. The van der Waals surface area contributed by atoms with Crippen molar-refractivity contribution in [3.8, 4) is 11.5 Å². The topological polar surface area (TPSA) is 82.0 Å². The Bertz CT molecular complexity index is 1510. The van der Waals surface area contributed by atoms with Gasteiger partial charge in [-0.3, -0.25) is 0 Å². The van der Waals surface area contributed by atoms with Crippen molar-refractivity contribution in [2.45, 2.75) is 62.9 Å². The molecule has 6 nitrogen and oxygen atoms in total. The van der Waals surface area contributed by atoms with E-state index in [4.69, 9.17) is 4.74 Å². The summed E-state index contributed by atoms with van der Waals surface area (Å²) in [5.41, 5.74) is 4.40. The number of nitrogens with zero attached hydrogens (tertiary/aromatic N) is 1. The number of carbonyl (C=O) groups is 1. The molecule has 0 saturated carbocycles. The molecular formula is C39H44Br2N2O4. The minimum absolute atomic E-state index is 0.0552. The van der Waals surface area contributed by atoms with Crippen LogP contribution in [0, 0.1) is 0 Å². The molecule has 4 aromatic carbocycles. The van der Waals surface area contributed by atoms with Gasteiger partial charge in [0.05, 0.1) is 0 Å². The number of nitrogens with one attached hydrogen (secondary N) is 1. The molecule has 0 unspecified atom stereocenters. The van der Waals surface area contributed by atoms with Gasteiger partial charge in [-0.05, 0) is 130 Å². The number of hydrogen-bond acceptors (Lipinski definition) is 5. The summed E-state index contributed by atoms with van der Waals surface area (Å²) < 4.78 is 7.68. The third kappa shape index (κ3) is 8.40. The van der Waals surface area contributed by atoms with Crippen molar-refractivity contribution in [1.82, 2.24) is 10.2 Å². The number of amides is 1. The quantitative estimate of drug-likeness (QED) is 0.193. The molecule has 0 atom stereocenters. The van der Waals surface area contributed by atoms with E-state index in [1.165, 1.54) is 16.7 Å². The van der Waals surface area contributed by atoms with Crippen LogP contribution in [0.25, 0.3) is 0 Å². The van der Waals surface area contributed by atoms with Gasteiger partial charge < -0.3 is 25.2 Å². The molecule has 8 heteroatoms. The van der Waals surface area contributed by atoms with Gasteiger partial charge in [0.1, 0.15) is 17.1 Å². The predicted molar refractivity (Wildman–Crippen MR) is 195 cm³/mol. The Kier molecular flexibility index (Phi) is 11.0. The van der Waals surface area contributed by atoms with Crippen molar-refractivity contribution < 1.29 is 19.7 Å². The lowest BCUT2D eigenvalue weighted by Crippen LogP contribution is -2.47. The molecule has 0 aliphatic carbocycles. The lowest BCUT2D eigenvalue weighted by atomic mass is 9.68. The molecule has 0 bridgehead atoms. The fraction of sp³-hybridized carbons (Fsp3) is 0.359. The second-order valence-corrected chi connectivity index (χ2v) is 15.3. The average Bonchev–Trinajstić information content (AvgIpc) is 3.06. The monoisotopic (exact) mass is 762 g/mol. The van der Waals surface area contributed by atoms with Gasteiger partial charge in [0.25, 0.3) is 0 Å². The summed E-state index contributed by atoms with van der Waals surface area (Å²) in [5, 5.41) is 22.7. The lowest BCUT2D eigenvalue weighted by Gasteiger charge is -2.43. The van der Waals surface area contributed by atoms with Crippen LogP contribution in [0.5, 0.6) is 11.5 Å². The maximum absolute atomic E-state index is 12.5. The molecule has 248 valence electrons. The molecule has 3 N–H and O–H groups in total. The Labute approximate surface area is 295 Å². The van der Waals surface area contributed by atoms with E-state index in [0.717, 1.165) is 53.3 Å². The number of phenols is 2. The summed E-state index contributed by atoms with van der Waals surface area (Å²) in [4.78, 5) is 14.2. The zero-order valence-corrected chi connectivity index (χ0v) is 30.5. The maximum atomic E-state index is 12.5. The molecule has 2 heterocycles. The first kappa shape index (κ1) is 35.0. The van der Waals surface area contributed by atoms with Gasteiger partial charge in [-0.2, -0.15) is 0 Å². The van der Waals surface area contributed by atoms with E-state index in [2.05, 4.69) is 97.8 Å². The lowest BCUT2D eigenvalue weighted by molar-refractivity contribution is 0.0180. The van der Waals surface area contributed by atoms with E-state index in [0.29, 0.717) is 18.8 Å². The Morgan fingerprint density at radius 2 is 0.979 bits per heavy atom. The summed E-state index contributed by atoms with van der Waals surface area (Å²) >= 11 is 7.01. The number of carbonyl (C=O) groups excluding carboxylic acids is 1. The number of halogens is 2. The van der Waals surface area contributed by atoms with E-state index in [1.54, 1.807) is 29.2 Å². The van der Waals surface area contributed by atoms with Gasteiger partial charge in [0.2, 0.25) is 0 Å². The second kappa shape index (κ2) is 14.8. The average molecular weight is 765 g/mol. The highest BCUT2D eigenvalue weighted by Gasteiger charge is 2.40. The van der Waals surface area contributed by atoms with Crippen LogP contribution < -0.4 is 5.32 Å². The van der Waals surface area contributed by atoms with Crippen LogP contribution in [0.15, 0.2) is 106 Å². The van der Waals surface area contributed by atoms with Crippen molar-refractivity contribution >= 4 is 38.0 Å². The number of hydrogen-bond donors (Lipinski definition) is 3. The molecular weight excluding hydrogens is 720 g/mol. The highest BCUT2D eigenvalue weighted by molar-refractivity contribution is 9.10. The number of ether oxygens (including phenoxy) is 1. The largest absolute Gasteiger partial charge is 0.508 e. The van der Waals surface area contributed by atoms with E-state index in [9.17, 15) is 15.0 Å². The molecule has 6 rings (SSSR count). The summed E-state index contributed by atoms with van der Waals surface area (Å²) in [6, 6.07) is 32.2. The summed E-state index contributed by atoms with van der Waals surface area (Å²) in [6.07, 6.45) is 3.52. The van der Waals surface area contributed by atoms with Crippen molar-refractivity contribution in [2.24, 2.45) is 0 Å². The van der Waals surface area contributed by atoms with Crippen LogP contribution in [-0.2, 0) is 15.6 Å². The van der Waals surface area contributed by atoms with Gasteiger partial charge in [-0.15, -0.1) is 0 Å². The standard InChI is InChI=1S/C22H26BrNO3.C17H18BrNO/c1-21(2,3)27-20(26)24-14-12-22(13-15-24,16-4-8-18(23)9-5-16)17-6-10-19(25)11-7-17;18-15-5-1-13(2-6-15)17(9-11-19-12-10-17)14-3-7-16(20)8-4-14/h4-11,25H,12-15H2,1-3H3;1-8,19-20H,9-12H2. The molecule has 2 fully saturated rings. The van der Waals surface area contributed by atoms with Crippen LogP contribution in [-0.4, -0.2) is 53.0 Å². The van der Waals surface area contributed by atoms with Crippen molar-refractivity contribution in [2.75, 3.05) is 26.2 Å². The first-order valence-electron chi connectivity index (χ1n) is 16.2. The molecule has 1 amide bonds. The van der Waals surface area contributed by atoms with Crippen molar-refractivity contribution in [3.63, 3.8) is 0 Å². The van der Waals surface area contributed by atoms with Crippen LogP contribution in [0.4, 0.5) is 4.79 Å². The zero-order valence-electron chi connectivity index (χ0n) is 27.3. The zero-order chi connectivity index (χ0) is 33.7. The summed E-state index contributed by atoms with van der Waals surface area (Å²) in [7, 11) is 0. The highest BCUT2D eigenvalue weighted by Crippen LogP contribution is 2.43. The Hall–Kier alpha value is -3.33. The smallest absolute Gasteiger partial charge is 0.410 e. The fourth-order valence-corrected chi connectivity index (χ4v) is 7.37. The van der Waals surface area contributed by atoms with E-state index < -0.39 is 5.60 Å². The van der Waals surface area contributed by atoms with Crippen molar-refractivity contribution in [3.05, 3.63) is 128 Å². The maximum Gasteiger partial charge on any atom is 0.410 e. The Morgan fingerprint density at radius 3 is 1.34 bits per heavy atom. The summed E-state index contributed by atoms with van der Waals surface area (Å²) in [5.74, 6) is 0.588. The number of likely N-dealkylation sites (tertiary alicyclic amines) is 1. The highest BCUT2D eigenvalue weighted by atomic mass is 79.9. The molecule has 0 radical (unpaired) electrons. The van der Waals surface area contributed by atoms with E-state index >= 15 is 0 Å². The minimum Gasteiger partial charge on any atom is -0.508 e. The Balaban J connectivity index is 0.000000193. The molecule has 47 heavy (non-hydrogen) atoms. The van der Waals surface area contributed by atoms with Gasteiger partial charge in [-0.1, -0.05) is 80.4 Å². The molecule has 2 aliphatic rings. The van der Waals surface area contributed by atoms with Crippen LogP contribution in [0.2, 0.25) is 0 Å². The second-order valence-electron chi connectivity index (χ2n) is 13.5. The van der Waals surface area contributed by atoms with Crippen molar-refractivity contribution in [1.29, 1.82) is 0 Å². The predicted octanol–water partition coefficient (Wildman–Crippen LogP) is 9.30. The van der Waals surface area contributed by atoms with Crippen LogP contribution in [0.3, 0.4) is 0 Å². The van der Waals surface area contributed by atoms with E-state index in [1.807, 2.05) is 32.9 Å². The normalized spacial score (nSPS) is 17.3. The number of phenolic OH excluding ortho intramolecular Hbond substituents is 2. The SMILES string of the molecule is CC(C)(C)OC(=O)N1CCC(c2ccc(O)cc2)(c2ccc(Br)cc2)CC1.Oc1ccc(C2(c3ccc(Br)cc3)CCNCC2)cc1. The minimum atomic E-state index is -0.492. The number of benzene rings is 4. The van der Waals surface area contributed by atoms with Gasteiger partial charge >= 0.3 is 6.09 Å². The molecule has 0 aromatic heterocycles. The molecule has 0 spiro atoms. The van der Waals surface area contributed by atoms with Gasteiger partial charge in [-0.25, -0.2) is 4.79 Å². The summed E-state index contributed by atoms with van der Waals surface area (Å²) in [6.45, 7) is 8.97. The Morgan fingerprint density at radius 1 is 0.638 bits per heavy atom. The third-order valence-corrected chi connectivity index (χ3v) is 10.4. The third-order valence-electron chi connectivity index (χ3n) is 9.36. The van der Waals surface area contributed by atoms with E-state index in [-0.39, 0.29) is 22.7 Å². The number of aromatic hydroxyl groups is 2. The van der Waals surface area contributed by atoms with Crippen LogP contribution >= 0.6 is 31.9 Å². The first-order chi connectivity index (χ1) is 22.4. The molecule has 2 saturated heterocycles. The first-order valence-corrected chi connectivity index (χ1v) is 17.8. The van der Waals surface area contributed by atoms with Crippen LogP contribution in [0.1, 0.15) is 68.7 Å².